The molecule has 2 aromatic heterocycles. The van der Waals surface area contributed by atoms with Crippen LogP contribution in [0.15, 0.2) is 31.8 Å². The van der Waals surface area contributed by atoms with Gasteiger partial charge in [-0.3, -0.25) is 4.90 Å². The van der Waals surface area contributed by atoms with Crippen LogP contribution in [0.3, 0.4) is 0 Å². The first kappa shape index (κ1) is 15.7. The molecule has 0 amide bonds. The number of rotatable bonds is 6. The molecule has 0 spiro atoms. The lowest BCUT2D eigenvalue weighted by atomic mass is 10.2. The highest BCUT2D eigenvalue weighted by Gasteiger charge is 2.18. The Morgan fingerprint density at radius 2 is 2.21 bits per heavy atom. The van der Waals surface area contributed by atoms with Crippen LogP contribution in [0.4, 0.5) is 0 Å². The van der Waals surface area contributed by atoms with Crippen LogP contribution in [0.1, 0.15) is 15.8 Å². The lowest BCUT2D eigenvalue weighted by Gasteiger charge is -2.25. The molecule has 2 rings (SSSR count). The lowest BCUT2D eigenvalue weighted by molar-refractivity contribution is 0.257. The van der Waals surface area contributed by atoms with E-state index in [4.69, 9.17) is 5.73 Å². The van der Waals surface area contributed by atoms with Gasteiger partial charge in [-0.2, -0.15) is 0 Å². The van der Waals surface area contributed by atoms with Gasteiger partial charge in [0, 0.05) is 27.3 Å². The van der Waals surface area contributed by atoms with Gasteiger partial charge in [0.05, 0.1) is 9.83 Å². The summed E-state index contributed by atoms with van der Waals surface area (Å²) in [4.78, 5) is 5.07. The standard InChI is InChI=1S/C13H16Br2N2S2/c1-17(5-4-9-3-2-6-18-9)11(8-16)12-7-10(14)13(15)19-12/h2-3,6-7,11H,4-5,8,16H2,1H3. The average molecular weight is 424 g/mol. The van der Waals surface area contributed by atoms with E-state index in [1.165, 1.54) is 9.75 Å². The van der Waals surface area contributed by atoms with Crippen LogP contribution in [0.25, 0.3) is 0 Å². The third-order valence-corrected chi connectivity index (χ3v) is 7.33. The first-order chi connectivity index (χ1) is 9.11. The second kappa shape index (κ2) is 7.33. The zero-order chi connectivity index (χ0) is 13.8. The van der Waals surface area contributed by atoms with Crippen molar-refractivity contribution >= 4 is 54.5 Å². The van der Waals surface area contributed by atoms with Crippen molar-refractivity contribution in [2.75, 3.05) is 20.1 Å². The van der Waals surface area contributed by atoms with Crippen LogP contribution in [0.5, 0.6) is 0 Å². The Labute approximate surface area is 138 Å². The summed E-state index contributed by atoms with van der Waals surface area (Å²) >= 11 is 10.7. The molecule has 1 unspecified atom stereocenters. The molecule has 0 aliphatic heterocycles. The van der Waals surface area contributed by atoms with E-state index in [1.807, 2.05) is 11.3 Å². The Bertz CT molecular complexity index is 491. The number of likely N-dealkylation sites (N-methyl/N-ethyl adjacent to an activating group) is 1. The molecule has 0 bridgehead atoms. The molecule has 0 aliphatic rings. The fraction of sp³-hybridized carbons (Fsp3) is 0.385. The topological polar surface area (TPSA) is 29.3 Å². The van der Waals surface area contributed by atoms with Gasteiger partial charge < -0.3 is 5.73 Å². The zero-order valence-electron chi connectivity index (χ0n) is 10.6. The van der Waals surface area contributed by atoms with E-state index in [0.717, 1.165) is 21.2 Å². The van der Waals surface area contributed by atoms with E-state index < -0.39 is 0 Å². The predicted octanol–water partition coefficient (Wildman–Crippen LogP) is 4.51. The fourth-order valence-corrected chi connectivity index (χ4v) is 4.90. The molecule has 2 heterocycles. The molecule has 104 valence electrons. The molecule has 6 heteroatoms. The Hall–Kier alpha value is 0.280. The largest absolute Gasteiger partial charge is 0.329 e. The summed E-state index contributed by atoms with van der Waals surface area (Å²) in [5.41, 5.74) is 5.95. The number of nitrogens with two attached hydrogens (primary N) is 1. The minimum atomic E-state index is 0.285. The Kier molecular flexibility index (Phi) is 6.05. The van der Waals surface area contributed by atoms with Crippen LogP contribution >= 0.6 is 54.5 Å². The molecule has 0 aliphatic carbocycles. The molecule has 2 nitrogen and oxygen atoms in total. The van der Waals surface area contributed by atoms with Gasteiger partial charge in [0.1, 0.15) is 0 Å². The summed E-state index contributed by atoms with van der Waals surface area (Å²) < 4.78 is 2.24. The highest BCUT2D eigenvalue weighted by Crippen LogP contribution is 2.36. The molecule has 2 N–H and O–H groups in total. The highest BCUT2D eigenvalue weighted by molar-refractivity contribution is 9.13. The third kappa shape index (κ3) is 4.12. The Morgan fingerprint density at radius 1 is 1.42 bits per heavy atom. The summed E-state index contributed by atoms with van der Waals surface area (Å²) in [5.74, 6) is 0. The molecular weight excluding hydrogens is 408 g/mol. The predicted molar refractivity (Wildman–Crippen MR) is 92.2 cm³/mol. The number of thiophene rings is 2. The summed E-state index contributed by atoms with van der Waals surface area (Å²) in [6.45, 7) is 1.66. The van der Waals surface area contributed by atoms with Gasteiger partial charge in [0.25, 0.3) is 0 Å². The summed E-state index contributed by atoms with van der Waals surface area (Å²) in [6.07, 6.45) is 1.08. The normalized spacial score (nSPS) is 13.1. The molecule has 0 aromatic carbocycles. The summed E-state index contributed by atoms with van der Waals surface area (Å²) in [6, 6.07) is 6.74. The van der Waals surface area contributed by atoms with Gasteiger partial charge in [0.15, 0.2) is 0 Å². The molecule has 2 aromatic rings. The van der Waals surface area contributed by atoms with Crippen molar-refractivity contribution < 1.29 is 0 Å². The molecular formula is C13H16Br2N2S2. The maximum atomic E-state index is 5.95. The van der Waals surface area contributed by atoms with Gasteiger partial charge in [-0.05, 0) is 62.8 Å². The van der Waals surface area contributed by atoms with Gasteiger partial charge in [0.2, 0.25) is 0 Å². The van der Waals surface area contributed by atoms with Crippen molar-refractivity contribution in [3.63, 3.8) is 0 Å². The second-order valence-electron chi connectivity index (χ2n) is 4.33. The van der Waals surface area contributed by atoms with E-state index >= 15 is 0 Å². The smallest absolute Gasteiger partial charge is 0.0843 e. The SMILES string of the molecule is CN(CCc1cccs1)C(CN)c1cc(Br)c(Br)s1. The van der Waals surface area contributed by atoms with E-state index in [1.54, 1.807) is 11.3 Å². The number of nitrogens with zero attached hydrogens (tertiary/aromatic N) is 1. The van der Waals surface area contributed by atoms with Gasteiger partial charge in [-0.1, -0.05) is 6.07 Å². The molecule has 0 saturated carbocycles. The van der Waals surface area contributed by atoms with Crippen LogP contribution in [-0.2, 0) is 6.42 Å². The molecule has 1 atom stereocenters. The maximum absolute atomic E-state index is 5.95. The Balaban J connectivity index is 2.00. The minimum absolute atomic E-state index is 0.285. The molecule has 0 radical (unpaired) electrons. The van der Waals surface area contributed by atoms with Crippen molar-refractivity contribution in [1.82, 2.24) is 4.90 Å². The number of hydrogen-bond donors (Lipinski definition) is 1. The minimum Gasteiger partial charge on any atom is -0.329 e. The zero-order valence-corrected chi connectivity index (χ0v) is 15.4. The van der Waals surface area contributed by atoms with Crippen LogP contribution < -0.4 is 5.73 Å². The van der Waals surface area contributed by atoms with Crippen molar-refractivity contribution in [3.8, 4) is 0 Å². The third-order valence-electron chi connectivity index (χ3n) is 3.04. The highest BCUT2D eigenvalue weighted by atomic mass is 79.9. The fourth-order valence-electron chi connectivity index (χ4n) is 1.94. The molecule has 19 heavy (non-hydrogen) atoms. The van der Waals surface area contributed by atoms with Crippen LogP contribution in [0, 0.1) is 0 Å². The lowest BCUT2D eigenvalue weighted by Crippen LogP contribution is -2.31. The first-order valence-corrected chi connectivity index (χ1v) is 9.27. The van der Waals surface area contributed by atoms with Gasteiger partial charge in [-0.15, -0.1) is 22.7 Å². The summed E-state index contributed by atoms with van der Waals surface area (Å²) in [5, 5.41) is 2.13. The quantitative estimate of drug-likeness (QED) is 0.740. The van der Waals surface area contributed by atoms with Crippen molar-refractivity contribution in [3.05, 3.63) is 41.6 Å². The number of halogens is 2. The van der Waals surface area contributed by atoms with Crippen LogP contribution in [-0.4, -0.2) is 25.0 Å². The van der Waals surface area contributed by atoms with Gasteiger partial charge in [-0.25, -0.2) is 0 Å². The monoisotopic (exact) mass is 422 g/mol. The molecule has 0 saturated heterocycles. The van der Waals surface area contributed by atoms with E-state index in [9.17, 15) is 0 Å². The average Bonchev–Trinajstić information content (AvgIpc) is 2.99. The first-order valence-electron chi connectivity index (χ1n) is 5.99. The van der Waals surface area contributed by atoms with Gasteiger partial charge >= 0.3 is 0 Å². The van der Waals surface area contributed by atoms with Crippen molar-refractivity contribution in [1.29, 1.82) is 0 Å². The van der Waals surface area contributed by atoms with E-state index in [-0.39, 0.29) is 6.04 Å². The van der Waals surface area contributed by atoms with E-state index in [2.05, 4.69) is 67.4 Å². The maximum Gasteiger partial charge on any atom is 0.0843 e. The second-order valence-corrected chi connectivity index (χ2v) is 8.62. The Morgan fingerprint density at radius 3 is 2.74 bits per heavy atom. The molecule has 0 fully saturated rings. The van der Waals surface area contributed by atoms with Crippen LogP contribution in [0.2, 0.25) is 0 Å². The van der Waals surface area contributed by atoms with Crippen molar-refractivity contribution in [2.24, 2.45) is 5.73 Å². The summed E-state index contributed by atoms with van der Waals surface area (Å²) in [7, 11) is 2.15. The van der Waals surface area contributed by atoms with Crippen molar-refractivity contribution in [2.45, 2.75) is 12.5 Å². The number of hydrogen-bond acceptors (Lipinski definition) is 4. The van der Waals surface area contributed by atoms with E-state index in [0.29, 0.717) is 6.54 Å².